The summed E-state index contributed by atoms with van der Waals surface area (Å²) in [5.74, 6) is 0.633. The maximum atomic E-state index is 12.6. The van der Waals surface area contributed by atoms with E-state index in [1.807, 2.05) is 0 Å². The molecule has 0 radical (unpaired) electrons. The van der Waals surface area contributed by atoms with Crippen molar-refractivity contribution in [2.24, 2.45) is 0 Å². The number of carbonyl (C=O) groups is 1. The molecule has 1 aliphatic heterocycles. The SMILES string of the molecule is O=CNc1nc(-c2cccc(O)c2)nc2c1[nH]c(=O)n2C1CCNCC1. The van der Waals surface area contributed by atoms with Crippen molar-refractivity contribution in [1.29, 1.82) is 0 Å². The van der Waals surface area contributed by atoms with E-state index >= 15 is 0 Å². The zero-order valence-corrected chi connectivity index (χ0v) is 13.9. The van der Waals surface area contributed by atoms with Crippen LogP contribution in [0.25, 0.3) is 22.6 Å². The lowest BCUT2D eigenvalue weighted by Crippen LogP contribution is -2.33. The van der Waals surface area contributed by atoms with Gasteiger partial charge in [0.1, 0.15) is 11.3 Å². The number of phenolic OH excluding ortho intramolecular Hbond substituents is 1. The zero-order valence-electron chi connectivity index (χ0n) is 13.9. The molecule has 4 N–H and O–H groups in total. The molecule has 1 fully saturated rings. The topological polar surface area (TPSA) is 125 Å². The molecule has 0 saturated carbocycles. The smallest absolute Gasteiger partial charge is 0.328 e. The van der Waals surface area contributed by atoms with Crippen LogP contribution in [0.5, 0.6) is 5.75 Å². The quantitative estimate of drug-likeness (QED) is 0.518. The van der Waals surface area contributed by atoms with Gasteiger partial charge in [-0.15, -0.1) is 0 Å². The van der Waals surface area contributed by atoms with Crippen LogP contribution in [0, 0.1) is 0 Å². The summed E-state index contributed by atoms with van der Waals surface area (Å²) in [4.78, 5) is 35.2. The van der Waals surface area contributed by atoms with Gasteiger partial charge in [0.15, 0.2) is 17.3 Å². The van der Waals surface area contributed by atoms with Gasteiger partial charge in [0, 0.05) is 11.6 Å². The molecular formula is C17H18N6O3. The fourth-order valence-electron chi connectivity index (χ4n) is 3.34. The molecule has 1 amide bonds. The van der Waals surface area contributed by atoms with Crippen molar-refractivity contribution in [2.75, 3.05) is 18.4 Å². The summed E-state index contributed by atoms with van der Waals surface area (Å²) < 4.78 is 1.64. The molecule has 3 aromatic rings. The first kappa shape index (κ1) is 16.3. The minimum atomic E-state index is -0.275. The van der Waals surface area contributed by atoms with Crippen LogP contribution in [0.15, 0.2) is 29.1 Å². The maximum absolute atomic E-state index is 12.6. The Hall–Kier alpha value is -3.20. The summed E-state index contributed by atoms with van der Waals surface area (Å²) in [7, 11) is 0. The van der Waals surface area contributed by atoms with Gasteiger partial charge < -0.3 is 20.7 Å². The summed E-state index contributed by atoms with van der Waals surface area (Å²) in [5, 5.41) is 15.5. The number of benzene rings is 1. The minimum absolute atomic E-state index is 0.0218. The number of piperidine rings is 1. The van der Waals surface area contributed by atoms with Gasteiger partial charge in [-0.05, 0) is 38.1 Å². The predicted molar refractivity (Wildman–Crippen MR) is 96.1 cm³/mol. The number of rotatable bonds is 4. The van der Waals surface area contributed by atoms with Crippen LogP contribution in [0.1, 0.15) is 18.9 Å². The molecule has 1 aromatic carbocycles. The van der Waals surface area contributed by atoms with Gasteiger partial charge in [0.05, 0.1) is 0 Å². The number of anilines is 1. The van der Waals surface area contributed by atoms with E-state index < -0.39 is 0 Å². The van der Waals surface area contributed by atoms with Crippen molar-refractivity contribution < 1.29 is 9.90 Å². The standard InChI is InChI=1S/C17H18N6O3/c24-9-19-15-13-16(22-14(21-15)10-2-1-3-12(25)8-10)23(17(26)20-13)11-4-6-18-7-5-11/h1-3,8-9,11,18,25H,4-7H2,(H,20,26)(H,19,21,22,24). The van der Waals surface area contributed by atoms with E-state index in [-0.39, 0.29) is 23.3 Å². The van der Waals surface area contributed by atoms with Crippen LogP contribution in [0.2, 0.25) is 0 Å². The van der Waals surface area contributed by atoms with Gasteiger partial charge in [-0.1, -0.05) is 12.1 Å². The Kier molecular flexibility index (Phi) is 4.13. The molecule has 0 spiro atoms. The Morgan fingerprint density at radius 1 is 1.27 bits per heavy atom. The molecule has 9 nitrogen and oxygen atoms in total. The van der Waals surface area contributed by atoms with Crippen LogP contribution in [-0.4, -0.2) is 44.1 Å². The van der Waals surface area contributed by atoms with Gasteiger partial charge in [-0.25, -0.2) is 14.8 Å². The van der Waals surface area contributed by atoms with E-state index in [1.165, 1.54) is 6.07 Å². The number of hydrogen-bond acceptors (Lipinski definition) is 6. The molecule has 0 bridgehead atoms. The first-order valence-electron chi connectivity index (χ1n) is 8.40. The van der Waals surface area contributed by atoms with Crippen molar-refractivity contribution in [2.45, 2.75) is 18.9 Å². The number of carbonyl (C=O) groups excluding carboxylic acids is 1. The Bertz CT molecular complexity index is 1020. The highest BCUT2D eigenvalue weighted by molar-refractivity contribution is 5.90. The summed E-state index contributed by atoms with van der Waals surface area (Å²) in [6.45, 7) is 1.65. The largest absolute Gasteiger partial charge is 0.508 e. The molecule has 3 heterocycles. The fraction of sp³-hybridized carbons (Fsp3) is 0.294. The second-order valence-corrected chi connectivity index (χ2v) is 6.19. The highest BCUT2D eigenvalue weighted by Gasteiger charge is 2.23. The van der Waals surface area contributed by atoms with Crippen LogP contribution >= 0.6 is 0 Å². The average molecular weight is 354 g/mol. The summed E-state index contributed by atoms with van der Waals surface area (Å²) in [6.07, 6.45) is 2.14. The van der Waals surface area contributed by atoms with E-state index in [1.54, 1.807) is 22.8 Å². The molecule has 4 rings (SSSR count). The molecule has 134 valence electrons. The molecule has 26 heavy (non-hydrogen) atoms. The number of imidazole rings is 1. The predicted octanol–water partition coefficient (Wildman–Crippen LogP) is 0.985. The second kappa shape index (κ2) is 6.60. The normalized spacial score (nSPS) is 15.2. The van der Waals surface area contributed by atoms with Crippen LogP contribution in [0.4, 0.5) is 5.82 Å². The summed E-state index contributed by atoms with van der Waals surface area (Å²) >= 11 is 0. The van der Waals surface area contributed by atoms with E-state index in [4.69, 9.17) is 0 Å². The molecule has 1 saturated heterocycles. The Morgan fingerprint density at radius 3 is 2.81 bits per heavy atom. The molecule has 0 aliphatic carbocycles. The number of aromatic hydroxyl groups is 1. The van der Waals surface area contributed by atoms with Gasteiger partial charge in [0.25, 0.3) is 0 Å². The third-order valence-electron chi connectivity index (χ3n) is 4.54. The van der Waals surface area contributed by atoms with Gasteiger partial charge in [-0.2, -0.15) is 0 Å². The van der Waals surface area contributed by atoms with Gasteiger partial charge in [0.2, 0.25) is 6.41 Å². The first-order chi connectivity index (χ1) is 12.7. The number of aromatic amines is 1. The van der Waals surface area contributed by atoms with E-state index in [2.05, 4.69) is 25.6 Å². The van der Waals surface area contributed by atoms with Crippen molar-refractivity contribution >= 4 is 23.4 Å². The summed E-state index contributed by atoms with van der Waals surface area (Å²) in [6, 6.07) is 6.54. The molecular weight excluding hydrogens is 336 g/mol. The Morgan fingerprint density at radius 2 is 2.08 bits per heavy atom. The third kappa shape index (κ3) is 2.82. The average Bonchev–Trinajstić information content (AvgIpc) is 2.99. The maximum Gasteiger partial charge on any atom is 0.328 e. The number of aromatic nitrogens is 4. The lowest BCUT2D eigenvalue weighted by atomic mass is 10.1. The van der Waals surface area contributed by atoms with Crippen LogP contribution < -0.4 is 16.3 Å². The minimum Gasteiger partial charge on any atom is -0.508 e. The molecule has 0 atom stereocenters. The van der Waals surface area contributed by atoms with Gasteiger partial charge in [-0.3, -0.25) is 9.36 Å². The molecule has 0 unspecified atom stereocenters. The number of phenols is 1. The number of nitrogens with zero attached hydrogens (tertiary/aromatic N) is 3. The lowest BCUT2D eigenvalue weighted by molar-refractivity contribution is -0.105. The Labute approximate surface area is 148 Å². The lowest BCUT2D eigenvalue weighted by Gasteiger charge is -2.23. The number of H-pyrrole nitrogens is 1. The Balaban J connectivity index is 1.94. The van der Waals surface area contributed by atoms with E-state index in [0.717, 1.165) is 25.9 Å². The van der Waals surface area contributed by atoms with Crippen molar-refractivity contribution in [3.05, 3.63) is 34.7 Å². The van der Waals surface area contributed by atoms with E-state index in [9.17, 15) is 14.7 Å². The van der Waals surface area contributed by atoms with Gasteiger partial charge >= 0.3 is 5.69 Å². The monoisotopic (exact) mass is 354 g/mol. The highest BCUT2D eigenvalue weighted by atomic mass is 16.3. The third-order valence-corrected chi connectivity index (χ3v) is 4.54. The van der Waals surface area contributed by atoms with Crippen molar-refractivity contribution in [3.8, 4) is 17.1 Å². The highest BCUT2D eigenvalue weighted by Crippen LogP contribution is 2.27. The molecule has 1 aliphatic rings. The van der Waals surface area contributed by atoms with Crippen molar-refractivity contribution in [1.82, 2.24) is 24.8 Å². The number of fused-ring (bicyclic) bond motifs is 1. The van der Waals surface area contributed by atoms with Crippen LogP contribution in [0.3, 0.4) is 0 Å². The van der Waals surface area contributed by atoms with Crippen molar-refractivity contribution in [3.63, 3.8) is 0 Å². The zero-order chi connectivity index (χ0) is 18.1. The van der Waals surface area contributed by atoms with E-state index in [0.29, 0.717) is 29.0 Å². The number of amides is 1. The number of hydrogen-bond donors (Lipinski definition) is 4. The molecule has 2 aromatic heterocycles. The first-order valence-corrected chi connectivity index (χ1v) is 8.40. The molecule has 9 heteroatoms. The fourth-order valence-corrected chi connectivity index (χ4v) is 3.34. The summed E-state index contributed by atoms with van der Waals surface area (Å²) in [5.41, 5.74) is 1.15. The number of nitrogens with one attached hydrogen (secondary N) is 3. The van der Waals surface area contributed by atoms with Crippen LogP contribution in [-0.2, 0) is 4.79 Å². The second-order valence-electron chi connectivity index (χ2n) is 6.19.